The van der Waals surface area contributed by atoms with E-state index in [2.05, 4.69) is 5.32 Å². The molecule has 0 aromatic heterocycles. The van der Waals surface area contributed by atoms with Crippen LogP contribution in [0.4, 0.5) is 0 Å². The Morgan fingerprint density at radius 2 is 2.00 bits per heavy atom. The molecule has 2 N–H and O–H groups in total. The summed E-state index contributed by atoms with van der Waals surface area (Å²) in [5, 5.41) is 11.9. The molecule has 1 aromatic rings. The van der Waals surface area contributed by atoms with Crippen molar-refractivity contribution in [3.8, 4) is 5.75 Å². The maximum absolute atomic E-state index is 11.6. The Balaban J connectivity index is 2.42. The number of rotatable bonds is 3. The maximum Gasteiger partial charge on any atom is 0.333 e. The van der Waals surface area contributed by atoms with Crippen LogP contribution in [0.15, 0.2) is 35.5 Å². The summed E-state index contributed by atoms with van der Waals surface area (Å²) in [7, 11) is 1.57. The number of allylic oxidation sites excluding steroid dienone is 1. The minimum absolute atomic E-state index is 0.144. The van der Waals surface area contributed by atoms with Crippen molar-refractivity contribution in [3.05, 3.63) is 41.1 Å². The predicted molar refractivity (Wildman–Crippen MR) is 68.8 cm³/mol. The molecule has 1 aliphatic rings. The van der Waals surface area contributed by atoms with Crippen molar-refractivity contribution in [3.63, 3.8) is 0 Å². The molecule has 0 fully saturated rings. The van der Waals surface area contributed by atoms with E-state index in [9.17, 15) is 14.7 Å². The van der Waals surface area contributed by atoms with Gasteiger partial charge in [0.15, 0.2) is 0 Å². The zero-order valence-electron chi connectivity index (χ0n) is 10.8. The number of hydrogen-bond donors (Lipinski definition) is 2. The number of amides is 1. The average Bonchev–Trinajstić information content (AvgIpc) is 2.37. The summed E-state index contributed by atoms with van der Waals surface area (Å²) in [5.74, 6) is -0.889. The first-order valence-electron chi connectivity index (χ1n) is 5.90. The van der Waals surface area contributed by atoms with Crippen LogP contribution in [0.1, 0.15) is 24.8 Å². The van der Waals surface area contributed by atoms with Crippen LogP contribution < -0.4 is 10.1 Å². The van der Waals surface area contributed by atoms with Crippen molar-refractivity contribution in [1.29, 1.82) is 0 Å². The molecule has 0 bridgehead atoms. The predicted octanol–water partition coefficient (Wildman–Crippen LogP) is 1.66. The van der Waals surface area contributed by atoms with Crippen LogP contribution >= 0.6 is 0 Å². The number of aliphatic carboxylic acids is 1. The SMILES string of the molecule is COc1ccc([C@H]2CC(=O)NC(C)=C2C(=O)O)cc1. The molecule has 0 saturated carbocycles. The van der Waals surface area contributed by atoms with Crippen LogP contribution in [-0.4, -0.2) is 24.1 Å². The highest BCUT2D eigenvalue weighted by Gasteiger charge is 2.31. The van der Waals surface area contributed by atoms with Crippen LogP contribution in [-0.2, 0) is 9.59 Å². The third kappa shape index (κ3) is 2.59. The lowest BCUT2D eigenvalue weighted by Gasteiger charge is -2.25. The second-order valence-corrected chi connectivity index (χ2v) is 4.42. The Bertz CT molecular complexity index is 545. The lowest BCUT2D eigenvalue weighted by molar-refractivity contribution is -0.133. The Morgan fingerprint density at radius 1 is 1.37 bits per heavy atom. The Morgan fingerprint density at radius 3 is 2.53 bits per heavy atom. The second kappa shape index (κ2) is 5.14. The molecule has 19 heavy (non-hydrogen) atoms. The van der Waals surface area contributed by atoms with Gasteiger partial charge in [0.05, 0.1) is 12.7 Å². The van der Waals surface area contributed by atoms with Gasteiger partial charge in [-0.3, -0.25) is 4.79 Å². The lowest BCUT2D eigenvalue weighted by atomic mass is 9.84. The number of carbonyl (C=O) groups is 2. The fourth-order valence-electron chi connectivity index (χ4n) is 2.31. The Hall–Kier alpha value is -2.30. The van der Waals surface area contributed by atoms with Gasteiger partial charge in [-0.05, 0) is 24.6 Å². The molecule has 5 nitrogen and oxygen atoms in total. The molecule has 1 atom stereocenters. The topological polar surface area (TPSA) is 75.6 Å². The minimum atomic E-state index is -1.00. The minimum Gasteiger partial charge on any atom is -0.497 e. The van der Waals surface area contributed by atoms with Crippen molar-refractivity contribution in [1.82, 2.24) is 5.32 Å². The fourth-order valence-corrected chi connectivity index (χ4v) is 2.31. The monoisotopic (exact) mass is 261 g/mol. The third-order valence-electron chi connectivity index (χ3n) is 3.22. The van der Waals surface area contributed by atoms with Crippen molar-refractivity contribution in [2.45, 2.75) is 19.3 Å². The van der Waals surface area contributed by atoms with E-state index in [1.165, 1.54) is 0 Å². The highest BCUT2D eigenvalue weighted by atomic mass is 16.5. The molecule has 0 unspecified atom stereocenters. The molecule has 0 radical (unpaired) electrons. The van der Waals surface area contributed by atoms with Gasteiger partial charge in [-0.15, -0.1) is 0 Å². The van der Waals surface area contributed by atoms with Crippen LogP contribution in [0.25, 0.3) is 0 Å². The highest BCUT2D eigenvalue weighted by Crippen LogP contribution is 2.33. The van der Waals surface area contributed by atoms with Gasteiger partial charge in [0.25, 0.3) is 0 Å². The maximum atomic E-state index is 11.6. The molecule has 5 heteroatoms. The molecule has 1 aromatic carbocycles. The summed E-state index contributed by atoms with van der Waals surface area (Å²) in [6.07, 6.45) is 0.144. The van der Waals surface area contributed by atoms with E-state index in [4.69, 9.17) is 4.74 Å². The molecule has 1 aliphatic heterocycles. The molecule has 2 rings (SSSR count). The summed E-state index contributed by atoms with van der Waals surface area (Å²) in [5.41, 5.74) is 1.45. The zero-order chi connectivity index (χ0) is 14.0. The number of benzene rings is 1. The zero-order valence-corrected chi connectivity index (χ0v) is 10.8. The van der Waals surface area contributed by atoms with Gasteiger partial charge in [0, 0.05) is 18.0 Å². The highest BCUT2D eigenvalue weighted by molar-refractivity contribution is 5.94. The Labute approximate surface area is 110 Å². The number of carboxylic acid groups (broad SMARTS) is 1. The summed E-state index contributed by atoms with van der Waals surface area (Å²) in [4.78, 5) is 22.9. The molecular formula is C14H15NO4. The molecule has 1 amide bonds. The smallest absolute Gasteiger partial charge is 0.333 e. The molecule has 0 aliphatic carbocycles. The first-order valence-corrected chi connectivity index (χ1v) is 5.90. The molecule has 1 heterocycles. The number of methoxy groups -OCH3 is 1. The van der Waals surface area contributed by atoms with Crippen molar-refractivity contribution < 1.29 is 19.4 Å². The van der Waals surface area contributed by atoms with E-state index in [1.54, 1.807) is 38.3 Å². The third-order valence-corrected chi connectivity index (χ3v) is 3.22. The van der Waals surface area contributed by atoms with E-state index >= 15 is 0 Å². The lowest BCUT2D eigenvalue weighted by Crippen LogP contribution is -2.33. The fraction of sp³-hybridized carbons (Fsp3) is 0.286. The average molecular weight is 261 g/mol. The van der Waals surface area contributed by atoms with E-state index in [0.717, 1.165) is 5.56 Å². The normalized spacial score (nSPS) is 19.1. The van der Waals surface area contributed by atoms with Gasteiger partial charge in [0.1, 0.15) is 5.75 Å². The summed E-state index contributed by atoms with van der Waals surface area (Å²) >= 11 is 0. The molecule has 100 valence electrons. The standard InChI is InChI=1S/C14H15NO4/c1-8-13(14(17)18)11(7-12(16)15-8)9-3-5-10(19-2)6-4-9/h3-6,11H,7H2,1-2H3,(H,15,16)(H,17,18)/t11-/m1/s1. The van der Waals surface area contributed by atoms with Crippen molar-refractivity contribution in [2.24, 2.45) is 0 Å². The second-order valence-electron chi connectivity index (χ2n) is 4.42. The van der Waals surface area contributed by atoms with Gasteiger partial charge in [-0.2, -0.15) is 0 Å². The summed E-state index contributed by atoms with van der Waals surface area (Å²) in [6, 6.07) is 7.10. The van der Waals surface area contributed by atoms with Crippen LogP contribution in [0.2, 0.25) is 0 Å². The van der Waals surface area contributed by atoms with Crippen LogP contribution in [0.5, 0.6) is 5.75 Å². The largest absolute Gasteiger partial charge is 0.497 e. The van der Waals surface area contributed by atoms with Crippen molar-refractivity contribution in [2.75, 3.05) is 7.11 Å². The van der Waals surface area contributed by atoms with Crippen molar-refractivity contribution >= 4 is 11.9 Å². The number of carbonyl (C=O) groups excluding carboxylic acids is 1. The number of ether oxygens (including phenoxy) is 1. The van der Waals surface area contributed by atoms with Gasteiger partial charge in [-0.1, -0.05) is 12.1 Å². The Kier molecular flexibility index (Phi) is 3.55. The van der Waals surface area contributed by atoms with Gasteiger partial charge >= 0.3 is 5.97 Å². The molecule has 0 saturated heterocycles. The van der Waals surface area contributed by atoms with Gasteiger partial charge in [0.2, 0.25) is 5.91 Å². The summed E-state index contributed by atoms with van der Waals surface area (Å²) < 4.78 is 5.07. The van der Waals surface area contributed by atoms with E-state index in [-0.39, 0.29) is 17.9 Å². The van der Waals surface area contributed by atoms with E-state index < -0.39 is 11.9 Å². The number of carboxylic acids is 1. The first kappa shape index (κ1) is 13.1. The number of nitrogens with one attached hydrogen (secondary N) is 1. The van der Waals surface area contributed by atoms with Gasteiger partial charge in [-0.25, -0.2) is 4.79 Å². The van der Waals surface area contributed by atoms with Gasteiger partial charge < -0.3 is 15.2 Å². The van der Waals surface area contributed by atoms with E-state index in [0.29, 0.717) is 11.4 Å². The number of hydrogen-bond acceptors (Lipinski definition) is 3. The quantitative estimate of drug-likeness (QED) is 0.867. The van der Waals surface area contributed by atoms with Crippen LogP contribution in [0.3, 0.4) is 0 Å². The summed E-state index contributed by atoms with van der Waals surface area (Å²) in [6.45, 7) is 1.61. The molecular weight excluding hydrogens is 246 g/mol. The van der Waals surface area contributed by atoms with Crippen LogP contribution in [0, 0.1) is 0 Å². The first-order chi connectivity index (χ1) is 9.02. The molecule has 0 spiro atoms. The van der Waals surface area contributed by atoms with E-state index in [1.807, 2.05) is 0 Å².